The van der Waals surface area contributed by atoms with Crippen molar-refractivity contribution in [2.75, 3.05) is 5.32 Å². The number of nitrogens with two attached hydrogens (primary N) is 1. The van der Waals surface area contributed by atoms with E-state index >= 15 is 0 Å². The Morgan fingerprint density at radius 2 is 2.00 bits per heavy atom. The second-order valence-electron chi connectivity index (χ2n) is 4.09. The predicted molar refractivity (Wildman–Crippen MR) is 92.3 cm³/mol. The first-order valence-electron chi connectivity index (χ1n) is 5.57. The highest BCUT2D eigenvalue weighted by Gasteiger charge is 2.10. The number of halogens is 3. The number of nitrogens with zero attached hydrogens (tertiary/aromatic N) is 1. The third-order valence-electron chi connectivity index (χ3n) is 2.54. The van der Waals surface area contributed by atoms with Crippen LogP contribution in [0.3, 0.4) is 0 Å². The lowest BCUT2D eigenvalue weighted by atomic mass is 10.2. The molecule has 3 nitrogen and oxygen atoms in total. The second kappa shape index (κ2) is 6.26. The number of pyridine rings is 1. The third kappa shape index (κ3) is 3.41. The van der Waals surface area contributed by atoms with Crippen LogP contribution in [0.1, 0.15) is 11.3 Å². The Hall–Kier alpha value is -0.880. The molecule has 0 atom stereocenters. The molecular weight excluding hydrogens is 381 g/mol. The number of thiocarbonyl (C=S) groups is 1. The van der Waals surface area contributed by atoms with Crippen LogP contribution >= 0.6 is 51.3 Å². The van der Waals surface area contributed by atoms with Crippen molar-refractivity contribution in [1.82, 2.24) is 4.98 Å². The van der Waals surface area contributed by atoms with Crippen LogP contribution in [0.25, 0.3) is 0 Å². The zero-order valence-electron chi connectivity index (χ0n) is 10.4. The van der Waals surface area contributed by atoms with Crippen molar-refractivity contribution in [3.05, 3.63) is 50.0 Å². The largest absolute Gasteiger partial charge is 0.389 e. The van der Waals surface area contributed by atoms with E-state index in [4.69, 9.17) is 41.2 Å². The van der Waals surface area contributed by atoms with Crippen LogP contribution in [0.2, 0.25) is 10.0 Å². The van der Waals surface area contributed by atoms with Gasteiger partial charge in [-0.1, -0.05) is 35.4 Å². The molecule has 0 aliphatic carbocycles. The minimum atomic E-state index is 0.318. The summed E-state index contributed by atoms with van der Waals surface area (Å²) in [6.07, 6.45) is 0. The number of benzene rings is 1. The molecule has 7 heteroatoms. The van der Waals surface area contributed by atoms with Crippen molar-refractivity contribution >= 4 is 67.8 Å². The summed E-state index contributed by atoms with van der Waals surface area (Å²) in [6, 6.07) is 7.20. The van der Waals surface area contributed by atoms with Crippen molar-refractivity contribution in [1.29, 1.82) is 0 Å². The molecule has 0 amide bonds. The van der Waals surface area contributed by atoms with E-state index in [1.165, 1.54) is 0 Å². The summed E-state index contributed by atoms with van der Waals surface area (Å²) in [5.74, 6) is 0.605. The molecule has 2 rings (SSSR count). The Kier molecular flexibility index (Phi) is 4.86. The first-order chi connectivity index (χ1) is 9.38. The van der Waals surface area contributed by atoms with Gasteiger partial charge < -0.3 is 11.1 Å². The van der Waals surface area contributed by atoms with Gasteiger partial charge in [-0.2, -0.15) is 0 Å². The highest BCUT2D eigenvalue weighted by atomic mass is 79.9. The van der Waals surface area contributed by atoms with E-state index < -0.39 is 0 Å². The Balaban J connectivity index is 2.40. The van der Waals surface area contributed by atoms with E-state index in [9.17, 15) is 0 Å². The fourth-order valence-electron chi connectivity index (χ4n) is 1.64. The Morgan fingerprint density at radius 3 is 2.65 bits per heavy atom. The molecule has 3 N–H and O–H groups in total. The van der Waals surface area contributed by atoms with Crippen LogP contribution in [-0.2, 0) is 0 Å². The van der Waals surface area contributed by atoms with Gasteiger partial charge in [0.1, 0.15) is 10.8 Å². The number of aryl methyl sites for hydroxylation is 1. The van der Waals surface area contributed by atoms with Crippen LogP contribution in [-0.4, -0.2) is 9.97 Å². The minimum Gasteiger partial charge on any atom is -0.389 e. The molecule has 1 aromatic carbocycles. The lowest BCUT2D eigenvalue weighted by molar-refractivity contribution is 1.19. The molecule has 0 saturated carbocycles. The quantitative estimate of drug-likeness (QED) is 0.581. The lowest BCUT2D eigenvalue weighted by Crippen LogP contribution is -2.10. The SMILES string of the molecule is Cc1cc(C(N)=S)cc(Nc2ccc(Br)c(Cl)c2Cl)n1. The third-order valence-corrected chi connectivity index (χ3v) is 4.54. The predicted octanol–water partition coefficient (Wildman–Crippen LogP) is 4.84. The van der Waals surface area contributed by atoms with Crippen LogP contribution < -0.4 is 11.1 Å². The van der Waals surface area contributed by atoms with E-state index in [1.807, 2.05) is 19.1 Å². The van der Waals surface area contributed by atoms with Crippen molar-refractivity contribution < 1.29 is 0 Å². The van der Waals surface area contributed by atoms with E-state index in [1.54, 1.807) is 12.1 Å². The zero-order chi connectivity index (χ0) is 14.9. The van der Waals surface area contributed by atoms with Gasteiger partial charge in [0.15, 0.2) is 0 Å². The Morgan fingerprint density at radius 1 is 1.30 bits per heavy atom. The average molecular weight is 391 g/mol. The lowest BCUT2D eigenvalue weighted by Gasteiger charge is -2.11. The Labute approximate surface area is 140 Å². The van der Waals surface area contributed by atoms with Gasteiger partial charge in [-0.25, -0.2) is 4.98 Å². The molecular formula is C13H10BrCl2N3S. The molecule has 2 aromatic rings. The van der Waals surface area contributed by atoms with Gasteiger partial charge in [0.25, 0.3) is 0 Å². The maximum atomic E-state index is 6.19. The molecule has 20 heavy (non-hydrogen) atoms. The summed E-state index contributed by atoms with van der Waals surface area (Å²) in [7, 11) is 0. The summed E-state index contributed by atoms with van der Waals surface area (Å²) < 4.78 is 0.732. The maximum Gasteiger partial charge on any atom is 0.131 e. The monoisotopic (exact) mass is 389 g/mol. The molecule has 0 unspecified atom stereocenters. The fourth-order valence-corrected chi connectivity index (χ4v) is 2.57. The van der Waals surface area contributed by atoms with Crippen molar-refractivity contribution in [2.24, 2.45) is 5.73 Å². The molecule has 0 fully saturated rings. The molecule has 104 valence electrons. The highest BCUT2D eigenvalue weighted by molar-refractivity contribution is 9.10. The molecule has 0 aliphatic heterocycles. The summed E-state index contributed by atoms with van der Waals surface area (Å²) >= 11 is 20.6. The van der Waals surface area contributed by atoms with Crippen molar-refractivity contribution in [2.45, 2.75) is 6.92 Å². The van der Waals surface area contributed by atoms with Gasteiger partial charge >= 0.3 is 0 Å². The number of anilines is 2. The van der Waals surface area contributed by atoms with Crippen LogP contribution in [0.15, 0.2) is 28.7 Å². The molecule has 0 bridgehead atoms. The van der Waals surface area contributed by atoms with Gasteiger partial charge in [-0.15, -0.1) is 0 Å². The minimum absolute atomic E-state index is 0.318. The molecule has 0 aliphatic rings. The van der Waals surface area contributed by atoms with Gasteiger partial charge in [0.2, 0.25) is 0 Å². The smallest absolute Gasteiger partial charge is 0.131 e. The zero-order valence-corrected chi connectivity index (χ0v) is 14.3. The molecule has 0 spiro atoms. The highest BCUT2D eigenvalue weighted by Crippen LogP contribution is 2.36. The average Bonchev–Trinajstić information content (AvgIpc) is 2.39. The van der Waals surface area contributed by atoms with Crippen molar-refractivity contribution in [3.8, 4) is 0 Å². The first kappa shape index (κ1) is 15.5. The number of nitrogens with one attached hydrogen (secondary N) is 1. The standard InChI is InChI=1S/C13H10BrCl2N3S/c1-6-4-7(13(17)20)5-10(18-6)19-9-3-2-8(14)11(15)12(9)16/h2-5H,1H3,(H2,17,20)(H,18,19). The van der Waals surface area contributed by atoms with E-state index in [0.717, 1.165) is 15.7 Å². The van der Waals surface area contributed by atoms with Crippen molar-refractivity contribution in [3.63, 3.8) is 0 Å². The second-order valence-corrected chi connectivity index (χ2v) is 6.14. The van der Waals surface area contributed by atoms with Crippen LogP contribution in [0.4, 0.5) is 11.5 Å². The fraction of sp³-hybridized carbons (Fsp3) is 0.0769. The van der Waals surface area contributed by atoms with Gasteiger partial charge in [-0.05, 0) is 47.1 Å². The van der Waals surface area contributed by atoms with Gasteiger partial charge in [0.05, 0.1) is 15.7 Å². The number of rotatable bonds is 3. The van der Waals surface area contributed by atoms with Gasteiger partial charge in [0, 0.05) is 15.7 Å². The number of hydrogen-bond acceptors (Lipinski definition) is 3. The number of hydrogen-bond donors (Lipinski definition) is 2. The molecule has 0 radical (unpaired) electrons. The summed E-state index contributed by atoms with van der Waals surface area (Å²) in [4.78, 5) is 4.68. The van der Waals surface area contributed by atoms with Crippen LogP contribution in [0, 0.1) is 6.92 Å². The molecule has 1 heterocycles. The molecule has 1 aromatic heterocycles. The Bertz CT molecular complexity index is 692. The van der Waals surface area contributed by atoms with E-state index in [0.29, 0.717) is 26.5 Å². The summed E-state index contributed by atoms with van der Waals surface area (Å²) in [5, 5.41) is 3.97. The van der Waals surface area contributed by atoms with Crippen LogP contribution in [0.5, 0.6) is 0 Å². The maximum absolute atomic E-state index is 6.19. The first-order valence-corrected chi connectivity index (χ1v) is 7.53. The molecule has 0 saturated heterocycles. The summed E-state index contributed by atoms with van der Waals surface area (Å²) in [6.45, 7) is 1.86. The van der Waals surface area contributed by atoms with E-state index in [-0.39, 0.29) is 0 Å². The van der Waals surface area contributed by atoms with E-state index in [2.05, 4.69) is 26.2 Å². The normalized spacial score (nSPS) is 10.4. The topological polar surface area (TPSA) is 50.9 Å². The van der Waals surface area contributed by atoms with Gasteiger partial charge in [-0.3, -0.25) is 0 Å². The summed E-state index contributed by atoms with van der Waals surface area (Å²) in [5.41, 5.74) is 7.85. The number of aromatic nitrogens is 1.